The number of halogens is 2. The van der Waals surface area contributed by atoms with Crippen molar-refractivity contribution in [2.45, 2.75) is 20.8 Å². The van der Waals surface area contributed by atoms with Gasteiger partial charge in [0.15, 0.2) is 6.61 Å². The van der Waals surface area contributed by atoms with Gasteiger partial charge in [-0.3, -0.25) is 4.79 Å². The van der Waals surface area contributed by atoms with Crippen molar-refractivity contribution in [1.29, 1.82) is 0 Å². The number of hydrogen-bond acceptors (Lipinski definition) is 6. The lowest BCUT2D eigenvalue weighted by Crippen LogP contribution is -2.22. The Morgan fingerprint density at radius 2 is 1.93 bits per heavy atom. The number of nitrogens with zero attached hydrogens (tertiary/aromatic N) is 4. The number of aromatic nitrogens is 4. The van der Waals surface area contributed by atoms with Gasteiger partial charge in [0.25, 0.3) is 17.5 Å². The third kappa shape index (κ3) is 4.01. The number of carbonyl (C=O) groups excluding carboxylic acids is 2. The molecule has 8 nitrogen and oxygen atoms in total. The van der Waals surface area contributed by atoms with E-state index in [1.165, 1.54) is 4.52 Å². The van der Waals surface area contributed by atoms with Gasteiger partial charge in [0.1, 0.15) is 0 Å². The molecule has 0 aliphatic heterocycles. The van der Waals surface area contributed by atoms with Gasteiger partial charge in [0, 0.05) is 11.4 Å². The molecule has 0 atom stereocenters. The van der Waals surface area contributed by atoms with Gasteiger partial charge in [0.05, 0.1) is 15.7 Å². The van der Waals surface area contributed by atoms with Crippen LogP contribution in [0.4, 0.5) is 5.69 Å². The van der Waals surface area contributed by atoms with Crippen molar-refractivity contribution in [3.63, 3.8) is 0 Å². The minimum absolute atomic E-state index is 0.185. The second-order valence-corrected chi connectivity index (χ2v) is 6.65. The van der Waals surface area contributed by atoms with Gasteiger partial charge in [-0.15, -0.1) is 5.10 Å². The highest BCUT2D eigenvalue weighted by Crippen LogP contribution is 2.32. The number of aryl methyl sites for hydroxylation is 3. The first-order valence-electron chi connectivity index (χ1n) is 7.89. The summed E-state index contributed by atoms with van der Waals surface area (Å²) in [7, 11) is 0. The Morgan fingerprint density at radius 1 is 1.19 bits per heavy atom. The first kappa shape index (κ1) is 19.1. The molecule has 3 aromatic rings. The zero-order chi connectivity index (χ0) is 19.7. The van der Waals surface area contributed by atoms with Gasteiger partial charge in [-0.2, -0.15) is 4.98 Å². The number of hydrogen-bond donors (Lipinski definition) is 1. The van der Waals surface area contributed by atoms with Crippen LogP contribution in [-0.2, 0) is 9.53 Å². The van der Waals surface area contributed by atoms with Crippen LogP contribution in [0.5, 0.6) is 0 Å². The SMILES string of the molecule is Cc1cc(C)n2nc(C(=O)OCC(=O)Nc3c(Cl)ccc(C)c3Cl)nc2n1. The van der Waals surface area contributed by atoms with E-state index in [1.54, 1.807) is 25.1 Å². The number of ether oxygens (including phenoxy) is 1. The average molecular weight is 408 g/mol. The fraction of sp³-hybridized carbons (Fsp3) is 0.235. The highest BCUT2D eigenvalue weighted by molar-refractivity contribution is 6.40. The maximum atomic E-state index is 12.1. The van der Waals surface area contributed by atoms with Crippen molar-refractivity contribution < 1.29 is 14.3 Å². The molecule has 2 heterocycles. The molecule has 3 rings (SSSR count). The summed E-state index contributed by atoms with van der Waals surface area (Å²) in [5, 5.41) is 7.18. The predicted molar refractivity (Wildman–Crippen MR) is 100 cm³/mol. The molecule has 1 aromatic carbocycles. The van der Waals surface area contributed by atoms with Crippen LogP contribution in [0.2, 0.25) is 10.0 Å². The second-order valence-electron chi connectivity index (χ2n) is 5.86. The smallest absolute Gasteiger partial charge is 0.378 e. The van der Waals surface area contributed by atoms with Crippen molar-refractivity contribution in [1.82, 2.24) is 19.6 Å². The lowest BCUT2D eigenvalue weighted by atomic mass is 10.2. The van der Waals surface area contributed by atoms with Crippen molar-refractivity contribution in [2.24, 2.45) is 0 Å². The van der Waals surface area contributed by atoms with Crippen molar-refractivity contribution in [2.75, 3.05) is 11.9 Å². The van der Waals surface area contributed by atoms with Gasteiger partial charge in [-0.25, -0.2) is 14.3 Å². The van der Waals surface area contributed by atoms with Crippen LogP contribution >= 0.6 is 23.2 Å². The van der Waals surface area contributed by atoms with E-state index >= 15 is 0 Å². The summed E-state index contributed by atoms with van der Waals surface area (Å²) < 4.78 is 6.40. The van der Waals surface area contributed by atoms with Crippen LogP contribution in [-0.4, -0.2) is 38.1 Å². The number of nitrogens with one attached hydrogen (secondary N) is 1. The number of carbonyl (C=O) groups is 2. The summed E-state index contributed by atoms with van der Waals surface area (Å²) in [4.78, 5) is 32.4. The Hall–Kier alpha value is -2.71. The Bertz CT molecular complexity index is 1060. The van der Waals surface area contributed by atoms with E-state index in [-0.39, 0.29) is 22.3 Å². The van der Waals surface area contributed by atoms with Crippen LogP contribution in [0.3, 0.4) is 0 Å². The van der Waals surface area contributed by atoms with Gasteiger partial charge < -0.3 is 10.1 Å². The summed E-state index contributed by atoms with van der Waals surface area (Å²) in [6, 6.07) is 5.15. The first-order valence-corrected chi connectivity index (χ1v) is 8.64. The van der Waals surface area contributed by atoms with Crippen molar-refractivity contribution in [3.05, 3.63) is 51.0 Å². The Morgan fingerprint density at radius 3 is 2.67 bits per heavy atom. The minimum Gasteiger partial charge on any atom is -0.450 e. The molecule has 0 spiro atoms. The van der Waals surface area contributed by atoms with E-state index < -0.39 is 18.5 Å². The second kappa shape index (κ2) is 7.50. The van der Waals surface area contributed by atoms with E-state index in [0.717, 1.165) is 17.0 Å². The Balaban J connectivity index is 1.68. The van der Waals surface area contributed by atoms with E-state index in [1.807, 2.05) is 13.8 Å². The number of anilines is 1. The molecule has 10 heteroatoms. The summed E-state index contributed by atoms with van der Waals surface area (Å²) in [5.74, 6) is -1.33. The molecule has 0 saturated heterocycles. The summed E-state index contributed by atoms with van der Waals surface area (Å²) in [5.41, 5.74) is 2.53. The highest BCUT2D eigenvalue weighted by atomic mass is 35.5. The molecule has 1 N–H and O–H groups in total. The summed E-state index contributed by atoms with van der Waals surface area (Å²) in [6.45, 7) is 4.86. The molecule has 1 amide bonds. The van der Waals surface area contributed by atoms with E-state index in [9.17, 15) is 9.59 Å². The number of benzene rings is 1. The molecule has 0 bridgehead atoms. The summed E-state index contributed by atoms with van der Waals surface area (Å²) in [6.07, 6.45) is 0. The molecule has 0 unspecified atom stereocenters. The van der Waals surface area contributed by atoms with E-state index in [0.29, 0.717) is 5.02 Å². The van der Waals surface area contributed by atoms with Gasteiger partial charge >= 0.3 is 5.97 Å². The Labute approximate surface area is 164 Å². The number of esters is 1. The largest absolute Gasteiger partial charge is 0.450 e. The van der Waals surface area contributed by atoms with E-state index in [4.69, 9.17) is 27.9 Å². The highest BCUT2D eigenvalue weighted by Gasteiger charge is 2.19. The van der Waals surface area contributed by atoms with Gasteiger partial charge in [-0.05, 0) is 38.5 Å². The summed E-state index contributed by atoms with van der Waals surface area (Å²) >= 11 is 12.2. The van der Waals surface area contributed by atoms with Crippen LogP contribution in [0, 0.1) is 20.8 Å². The van der Waals surface area contributed by atoms with Crippen LogP contribution in [0.25, 0.3) is 5.78 Å². The van der Waals surface area contributed by atoms with Crippen molar-refractivity contribution in [3.8, 4) is 0 Å². The van der Waals surface area contributed by atoms with Crippen molar-refractivity contribution >= 4 is 46.5 Å². The molecule has 0 radical (unpaired) electrons. The number of amides is 1. The molecule has 140 valence electrons. The monoisotopic (exact) mass is 407 g/mol. The molecule has 0 saturated carbocycles. The topological polar surface area (TPSA) is 98.5 Å². The number of rotatable bonds is 4. The molecule has 27 heavy (non-hydrogen) atoms. The maximum absolute atomic E-state index is 12.1. The lowest BCUT2D eigenvalue weighted by molar-refractivity contribution is -0.119. The van der Waals surface area contributed by atoms with Crippen LogP contribution in [0.15, 0.2) is 18.2 Å². The first-order chi connectivity index (χ1) is 12.8. The van der Waals surface area contributed by atoms with Gasteiger partial charge in [0.2, 0.25) is 0 Å². The minimum atomic E-state index is -0.839. The molecule has 0 fully saturated rings. The molecular formula is C17H15Cl2N5O3. The third-order valence-electron chi connectivity index (χ3n) is 3.68. The molecule has 2 aromatic heterocycles. The normalized spacial score (nSPS) is 10.9. The predicted octanol–water partition coefficient (Wildman–Crippen LogP) is 3.15. The number of fused-ring (bicyclic) bond motifs is 1. The quantitative estimate of drug-likeness (QED) is 0.666. The van der Waals surface area contributed by atoms with Gasteiger partial charge in [-0.1, -0.05) is 29.3 Å². The molecule has 0 aliphatic carbocycles. The van der Waals surface area contributed by atoms with Crippen LogP contribution < -0.4 is 5.32 Å². The molecular weight excluding hydrogens is 393 g/mol. The zero-order valence-corrected chi connectivity index (χ0v) is 16.2. The molecule has 0 aliphatic rings. The van der Waals surface area contributed by atoms with Crippen LogP contribution in [0.1, 0.15) is 27.6 Å². The third-order valence-corrected chi connectivity index (χ3v) is 4.49. The fourth-order valence-corrected chi connectivity index (χ4v) is 2.86. The van der Waals surface area contributed by atoms with E-state index in [2.05, 4.69) is 20.4 Å². The fourth-order valence-electron chi connectivity index (χ4n) is 2.40. The Kier molecular flexibility index (Phi) is 5.29. The zero-order valence-electron chi connectivity index (χ0n) is 14.7. The lowest BCUT2D eigenvalue weighted by Gasteiger charge is -2.11. The maximum Gasteiger partial charge on any atom is 0.378 e. The standard InChI is InChI=1S/C17H15Cl2N5O3/c1-8-4-5-11(18)14(13(8)19)21-12(25)7-27-16(26)15-22-17-20-9(2)6-10(3)24(17)23-15/h4-6H,7H2,1-3H3,(H,21,25). The average Bonchev–Trinajstić information content (AvgIpc) is 3.04.